The lowest BCUT2D eigenvalue weighted by molar-refractivity contribution is 0.0977. The first-order chi connectivity index (χ1) is 12.5. The van der Waals surface area contributed by atoms with E-state index in [2.05, 4.69) is 28.8 Å². The normalized spacial score (nSPS) is 11.1. The van der Waals surface area contributed by atoms with Crippen LogP contribution < -0.4 is 9.47 Å². The number of methoxy groups -OCH3 is 2. The van der Waals surface area contributed by atoms with Crippen molar-refractivity contribution in [2.45, 2.75) is 26.7 Å². The quantitative estimate of drug-likeness (QED) is 0.642. The zero-order valence-corrected chi connectivity index (χ0v) is 15.5. The molecule has 0 fully saturated rings. The third-order valence-corrected chi connectivity index (χ3v) is 4.31. The number of hydrogen-bond donors (Lipinski definition) is 1. The molecule has 3 rings (SSSR count). The Labute approximate surface area is 152 Å². The molecule has 0 saturated carbocycles. The zero-order valence-electron chi connectivity index (χ0n) is 15.5. The van der Waals surface area contributed by atoms with Crippen LogP contribution >= 0.6 is 0 Å². The molecular weight excluding hydrogens is 330 g/mol. The van der Waals surface area contributed by atoms with Gasteiger partial charge >= 0.3 is 0 Å². The number of H-pyrrole nitrogens is 1. The number of ether oxygens (including phenoxy) is 2. The third kappa shape index (κ3) is 3.54. The van der Waals surface area contributed by atoms with E-state index in [4.69, 9.17) is 9.47 Å². The Balaban J connectivity index is 1.98. The highest BCUT2D eigenvalue weighted by Crippen LogP contribution is 2.32. The summed E-state index contributed by atoms with van der Waals surface area (Å²) in [5, 5.41) is 0. The van der Waals surface area contributed by atoms with E-state index in [1.54, 1.807) is 26.6 Å². The summed E-state index contributed by atoms with van der Waals surface area (Å²) in [4.78, 5) is 24.7. The molecular formula is C20H23N3O3. The molecule has 2 heterocycles. The van der Waals surface area contributed by atoms with Crippen LogP contribution in [0.4, 0.5) is 0 Å². The summed E-state index contributed by atoms with van der Waals surface area (Å²) in [7, 11) is 3.19. The van der Waals surface area contributed by atoms with Crippen LogP contribution in [0.1, 0.15) is 37.0 Å². The number of fused-ring (bicyclic) bond motifs is 1. The Morgan fingerprint density at radius 3 is 2.65 bits per heavy atom. The van der Waals surface area contributed by atoms with Gasteiger partial charge in [-0.25, -0.2) is 9.97 Å². The second kappa shape index (κ2) is 7.56. The largest absolute Gasteiger partial charge is 0.493 e. The van der Waals surface area contributed by atoms with Gasteiger partial charge in [0.1, 0.15) is 5.52 Å². The lowest BCUT2D eigenvalue weighted by Gasteiger charge is -2.09. The molecule has 0 radical (unpaired) electrons. The first-order valence-electron chi connectivity index (χ1n) is 8.63. The molecule has 136 valence electrons. The van der Waals surface area contributed by atoms with Gasteiger partial charge in [0.2, 0.25) is 0 Å². The number of nitrogens with one attached hydrogen (secondary N) is 1. The molecule has 0 atom stereocenters. The molecule has 6 heteroatoms. The molecule has 1 N–H and O–H groups in total. The number of benzene rings is 1. The SMILES string of the molecule is COc1ccc(-c2cnc3[nH]cc(C(=O)CCC(C)C)c3n2)cc1OC. The number of Topliss-reactive ketones (excluding diaryl/α,β-unsaturated/α-hetero) is 1. The van der Waals surface area contributed by atoms with Gasteiger partial charge in [0, 0.05) is 18.2 Å². The van der Waals surface area contributed by atoms with Crippen LogP contribution in [-0.4, -0.2) is 35.0 Å². The average Bonchev–Trinajstić information content (AvgIpc) is 3.08. The van der Waals surface area contributed by atoms with Gasteiger partial charge in [-0.2, -0.15) is 0 Å². The van der Waals surface area contributed by atoms with Crippen molar-refractivity contribution >= 4 is 16.9 Å². The summed E-state index contributed by atoms with van der Waals surface area (Å²) in [5.41, 5.74) is 3.33. The molecule has 0 amide bonds. The number of carbonyl (C=O) groups is 1. The molecule has 0 spiro atoms. The van der Waals surface area contributed by atoms with E-state index in [0.717, 1.165) is 12.0 Å². The topological polar surface area (TPSA) is 77.1 Å². The van der Waals surface area contributed by atoms with E-state index in [1.165, 1.54) is 0 Å². The Morgan fingerprint density at radius 2 is 1.96 bits per heavy atom. The summed E-state index contributed by atoms with van der Waals surface area (Å²) in [6.07, 6.45) is 4.75. The average molecular weight is 353 g/mol. The second-order valence-electron chi connectivity index (χ2n) is 6.58. The molecule has 0 unspecified atom stereocenters. The Morgan fingerprint density at radius 1 is 1.19 bits per heavy atom. The van der Waals surface area contributed by atoms with Gasteiger partial charge in [-0.1, -0.05) is 13.8 Å². The van der Waals surface area contributed by atoms with E-state index < -0.39 is 0 Å². The maximum atomic E-state index is 12.5. The molecule has 0 bridgehead atoms. The van der Waals surface area contributed by atoms with E-state index in [-0.39, 0.29) is 5.78 Å². The van der Waals surface area contributed by atoms with Crippen molar-refractivity contribution in [2.24, 2.45) is 5.92 Å². The molecule has 3 aromatic rings. The second-order valence-corrected chi connectivity index (χ2v) is 6.58. The number of nitrogens with zero attached hydrogens (tertiary/aromatic N) is 2. The lowest BCUT2D eigenvalue weighted by atomic mass is 10.0. The molecule has 0 aliphatic heterocycles. The Kier molecular flexibility index (Phi) is 5.21. The summed E-state index contributed by atoms with van der Waals surface area (Å²) in [5.74, 6) is 1.84. The minimum Gasteiger partial charge on any atom is -0.493 e. The van der Waals surface area contributed by atoms with Crippen molar-refractivity contribution in [2.75, 3.05) is 14.2 Å². The smallest absolute Gasteiger partial charge is 0.166 e. The number of aromatic amines is 1. The number of hydrogen-bond acceptors (Lipinski definition) is 5. The van der Waals surface area contributed by atoms with Crippen LogP contribution in [0.2, 0.25) is 0 Å². The lowest BCUT2D eigenvalue weighted by Crippen LogP contribution is -2.01. The summed E-state index contributed by atoms with van der Waals surface area (Å²) >= 11 is 0. The van der Waals surface area contributed by atoms with Crippen LogP contribution in [-0.2, 0) is 0 Å². The molecule has 6 nitrogen and oxygen atoms in total. The third-order valence-electron chi connectivity index (χ3n) is 4.31. The summed E-state index contributed by atoms with van der Waals surface area (Å²) in [6, 6.07) is 5.57. The van der Waals surface area contributed by atoms with E-state index >= 15 is 0 Å². The van der Waals surface area contributed by atoms with E-state index in [9.17, 15) is 4.79 Å². The monoisotopic (exact) mass is 353 g/mol. The maximum absolute atomic E-state index is 12.5. The minimum atomic E-state index is 0.0868. The minimum absolute atomic E-state index is 0.0868. The molecule has 0 aliphatic rings. The first kappa shape index (κ1) is 17.9. The van der Waals surface area contributed by atoms with Gasteiger partial charge in [-0.15, -0.1) is 0 Å². The standard InChI is InChI=1S/C20H23N3O3/c1-12(2)5-7-16(24)14-10-21-20-19(14)23-15(11-22-20)13-6-8-17(25-3)18(9-13)26-4/h6,8-12H,5,7H2,1-4H3,(H,21,22). The van der Waals surface area contributed by atoms with Gasteiger partial charge in [0.15, 0.2) is 22.9 Å². The van der Waals surface area contributed by atoms with Crippen LogP contribution in [0.3, 0.4) is 0 Å². The predicted octanol–water partition coefficient (Wildman–Crippen LogP) is 4.26. The van der Waals surface area contributed by atoms with Crippen LogP contribution in [0.15, 0.2) is 30.6 Å². The number of aromatic nitrogens is 3. The van der Waals surface area contributed by atoms with Gasteiger partial charge in [-0.3, -0.25) is 4.79 Å². The van der Waals surface area contributed by atoms with Crippen LogP contribution in [0, 0.1) is 5.92 Å². The summed E-state index contributed by atoms with van der Waals surface area (Å²) in [6.45, 7) is 4.22. The van der Waals surface area contributed by atoms with E-state index in [1.807, 2.05) is 18.2 Å². The zero-order chi connectivity index (χ0) is 18.7. The highest BCUT2D eigenvalue weighted by molar-refractivity contribution is 6.06. The van der Waals surface area contributed by atoms with Crippen molar-refractivity contribution in [1.29, 1.82) is 0 Å². The maximum Gasteiger partial charge on any atom is 0.166 e. The van der Waals surface area contributed by atoms with Crippen molar-refractivity contribution < 1.29 is 14.3 Å². The van der Waals surface area contributed by atoms with E-state index in [0.29, 0.717) is 46.3 Å². The van der Waals surface area contributed by atoms with Crippen molar-refractivity contribution in [3.8, 4) is 22.8 Å². The number of carbonyl (C=O) groups excluding carboxylic acids is 1. The van der Waals surface area contributed by atoms with Gasteiger partial charge in [0.25, 0.3) is 0 Å². The molecule has 0 saturated heterocycles. The molecule has 26 heavy (non-hydrogen) atoms. The molecule has 1 aromatic carbocycles. The Hall–Kier alpha value is -2.89. The van der Waals surface area contributed by atoms with Gasteiger partial charge in [-0.05, 0) is 30.5 Å². The summed E-state index contributed by atoms with van der Waals surface area (Å²) < 4.78 is 10.6. The fourth-order valence-corrected chi connectivity index (χ4v) is 2.79. The van der Waals surface area contributed by atoms with Gasteiger partial charge < -0.3 is 14.5 Å². The number of ketones is 1. The molecule has 2 aromatic heterocycles. The van der Waals surface area contributed by atoms with Crippen molar-refractivity contribution in [3.05, 3.63) is 36.2 Å². The Bertz CT molecular complexity index is 931. The van der Waals surface area contributed by atoms with Gasteiger partial charge in [0.05, 0.1) is 31.7 Å². The highest BCUT2D eigenvalue weighted by atomic mass is 16.5. The molecule has 0 aliphatic carbocycles. The van der Waals surface area contributed by atoms with Crippen molar-refractivity contribution in [3.63, 3.8) is 0 Å². The van der Waals surface area contributed by atoms with Crippen molar-refractivity contribution in [1.82, 2.24) is 15.0 Å². The number of rotatable bonds is 7. The fraction of sp³-hybridized carbons (Fsp3) is 0.350. The first-order valence-corrected chi connectivity index (χ1v) is 8.63. The van der Waals surface area contributed by atoms with Crippen LogP contribution in [0.25, 0.3) is 22.4 Å². The highest BCUT2D eigenvalue weighted by Gasteiger charge is 2.16. The fourth-order valence-electron chi connectivity index (χ4n) is 2.79. The van der Waals surface area contributed by atoms with Crippen LogP contribution in [0.5, 0.6) is 11.5 Å². The predicted molar refractivity (Wildman–Crippen MR) is 101 cm³/mol.